The van der Waals surface area contributed by atoms with Crippen LogP contribution in [0.3, 0.4) is 0 Å². The van der Waals surface area contributed by atoms with Crippen molar-refractivity contribution in [2.75, 3.05) is 6.54 Å². The SMILES string of the molecule is CCCC(=O)N[C@@H](CCCN)C(=O)N[C@@H](C)C[C@H](C)C(N)=O. The summed E-state index contributed by atoms with van der Waals surface area (Å²) in [6.45, 7) is 5.90. The van der Waals surface area contributed by atoms with Crippen molar-refractivity contribution < 1.29 is 14.4 Å². The van der Waals surface area contributed by atoms with E-state index in [4.69, 9.17) is 11.5 Å². The molecule has 0 rings (SSSR count). The number of carbonyl (C=O) groups excluding carboxylic acids is 3. The van der Waals surface area contributed by atoms with E-state index >= 15 is 0 Å². The van der Waals surface area contributed by atoms with Gasteiger partial charge in [0.2, 0.25) is 17.7 Å². The monoisotopic (exact) mass is 314 g/mol. The standard InChI is InChI=1S/C15H30N4O3/c1-4-6-13(20)19-12(7-5-8-16)15(22)18-11(3)9-10(2)14(17)21/h10-12H,4-9,16H2,1-3H3,(H2,17,21)(H,18,22)(H,19,20)/t10-,11-,12-/m0/s1. The van der Waals surface area contributed by atoms with Crippen molar-refractivity contribution in [2.45, 2.75) is 65.0 Å². The summed E-state index contributed by atoms with van der Waals surface area (Å²) < 4.78 is 0. The Morgan fingerprint density at radius 3 is 2.27 bits per heavy atom. The van der Waals surface area contributed by atoms with E-state index in [9.17, 15) is 14.4 Å². The number of nitrogens with two attached hydrogens (primary N) is 2. The fourth-order valence-electron chi connectivity index (χ4n) is 2.13. The predicted octanol–water partition coefficient (Wildman–Crippen LogP) is 0.0264. The Balaban J connectivity index is 4.53. The second kappa shape index (κ2) is 11.0. The van der Waals surface area contributed by atoms with Gasteiger partial charge in [-0.15, -0.1) is 0 Å². The van der Waals surface area contributed by atoms with Crippen LogP contribution in [0.15, 0.2) is 0 Å². The average Bonchev–Trinajstić information content (AvgIpc) is 2.43. The summed E-state index contributed by atoms with van der Waals surface area (Å²) >= 11 is 0. The molecule has 0 saturated carbocycles. The van der Waals surface area contributed by atoms with Crippen LogP contribution in [0, 0.1) is 5.92 Å². The first-order valence-electron chi connectivity index (χ1n) is 7.90. The average molecular weight is 314 g/mol. The zero-order chi connectivity index (χ0) is 17.1. The minimum atomic E-state index is -0.589. The predicted molar refractivity (Wildman–Crippen MR) is 85.7 cm³/mol. The second-order valence-corrected chi connectivity index (χ2v) is 5.75. The van der Waals surface area contributed by atoms with Gasteiger partial charge in [0.25, 0.3) is 0 Å². The first-order chi connectivity index (χ1) is 10.3. The normalized spacial score (nSPS) is 14.7. The molecule has 7 heteroatoms. The highest BCUT2D eigenvalue weighted by molar-refractivity contribution is 5.87. The van der Waals surface area contributed by atoms with Crippen LogP contribution in [-0.4, -0.2) is 36.3 Å². The zero-order valence-electron chi connectivity index (χ0n) is 13.9. The summed E-state index contributed by atoms with van der Waals surface area (Å²) in [6, 6.07) is -0.785. The Morgan fingerprint density at radius 1 is 1.14 bits per heavy atom. The first kappa shape index (κ1) is 20.4. The Labute approximate surface area is 132 Å². The molecule has 0 radical (unpaired) electrons. The van der Waals surface area contributed by atoms with Crippen LogP contribution < -0.4 is 22.1 Å². The lowest BCUT2D eigenvalue weighted by molar-refractivity contribution is -0.129. The lowest BCUT2D eigenvalue weighted by Crippen LogP contribution is -2.49. The van der Waals surface area contributed by atoms with Gasteiger partial charge >= 0.3 is 0 Å². The van der Waals surface area contributed by atoms with Crippen LogP contribution in [0.4, 0.5) is 0 Å². The molecule has 0 aliphatic rings. The maximum absolute atomic E-state index is 12.3. The fourth-order valence-corrected chi connectivity index (χ4v) is 2.13. The largest absolute Gasteiger partial charge is 0.369 e. The molecule has 7 nitrogen and oxygen atoms in total. The molecule has 0 aliphatic heterocycles. The smallest absolute Gasteiger partial charge is 0.242 e. The third-order valence-electron chi connectivity index (χ3n) is 3.41. The van der Waals surface area contributed by atoms with E-state index in [0.717, 1.165) is 6.42 Å². The molecule has 0 aromatic heterocycles. The highest BCUT2D eigenvalue weighted by Crippen LogP contribution is 2.06. The van der Waals surface area contributed by atoms with Crippen LogP contribution in [0.25, 0.3) is 0 Å². The van der Waals surface area contributed by atoms with Crippen molar-refractivity contribution in [3.8, 4) is 0 Å². The minimum Gasteiger partial charge on any atom is -0.369 e. The Morgan fingerprint density at radius 2 is 1.77 bits per heavy atom. The maximum atomic E-state index is 12.3. The maximum Gasteiger partial charge on any atom is 0.242 e. The van der Waals surface area contributed by atoms with E-state index in [1.54, 1.807) is 6.92 Å². The quantitative estimate of drug-likeness (QED) is 0.429. The topological polar surface area (TPSA) is 127 Å². The molecule has 0 aromatic carbocycles. The van der Waals surface area contributed by atoms with E-state index in [0.29, 0.717) is 32.2 Å². The van der Waals surface area contributed by atoms with E-state index in [1.807, 2.05) is 13.8 Å². The van der Waals surface area contributed by atoms with Crippen LogP contribution in [-0.2, 0) is 14.4 Å². The molecule has 0 aromatic rings. The summed E-state index contributed by atoms with van der Waals surface area (Å²) in [7, 11) is 0. The number of hydrogen-bond acceptors (Lipinski definition) is 4. The van der Waals surface area contributed by atoms with Gasteiger partial charge in [0, 0.05) is 18.4 Å². The zero-order valence-corrected chi connectivity index (χ0v) is 13.9. The number of rotatable bonds is 11. The molecule has 0 heterocycles. The molecular weight excluding hydrogens is 284 g/mol. The van der Waals surface area contributed by atoms with Gasteiger partial charge in [0.15, 0.2) is 0 Å². The van der Waals surface area contributed by atoms with E-state index in [2.05, 4.69) is 10.6 Å². The molecular formula is C15H30N4O3. The van der Waals surface area contributed by atoms with Crippen molar-refractivity contribution in [1.82, 2.24) is 10.6 Å². The Kier molecular flexibility index (Phi) is 10.2. The van der Waals surface area contributed by atoms with Gasteiger partial charge in [-0.1, -0.05) is 13.8 Å². The van der Waals surface area contributed by atoms with E-state index < -0.39 is 11.9 Å². The van der Waals surface area contributed by atoms with Gasteiger partial charge in [-0.3, -0.25) is 14.4 Å². The third-order valence-corrected chi connectivity index (χ3v) is 3.41. The highest BCUT2D eigenvalue weighted by atomic mass is 16.2. The summed E-state index contributed by atoms with van der Waals surface area (Å²) in [6.07, 6.45) is 2.73. The van der Waals surface area contributed by atoms with Gasteiger partial charge in [-0.05, 0) is 39.2 Å². The minimum absolute atomic E-state index is 0.141. The number of carbonyl (C=O) groups is 3. The molecule has 0 aliphatic carbocycles. The Hall–Kier alpha value is -1.63. The molecule has 3 amide bonds. The van der Waals surface area contributed by atoms with Crippen LogP contribution in [0.1, 0.15) is 52.9 Å². The van der Waals surface area contributed by atoms with Crippen LogP contribution in [0.2, 0.25) is 0 Å². The number of nitrogens with one attached hydrogen (secondary N) is 2. The van der Waals surface area contributed by atoms with Crippen molar-refractivity contribution in [2.24, 2.45) is 17.4 Å². The summed E-state index contributed by atoms with van der Waals surface area (Å²) in [5, 5.41) is 5.56. The molecule has 0 saturated heterocycles. The van der Waals surface area contributed by atoms with Gasteiger partial charge in [-0.2, -0.15) is 0 Å². The molecule has 128 valence electrons. The van der Waals surface area contributed by atoms with Crippen molar-refractivity contribution >= 4 is 17.7 Å². The van der Waals surface area contributed by atoms with E-state index in [1.165, 1.54) is 0 Å². The van der Waals surface area contributed by atoms with Crippen molar-refractivity contribution in [3.05, 3.63) is 0 Å². The first-order valence-corrected chi connectivity index (χ1v) is 7.90. The van der Waals surface area contributed by atoms with Crippen LogP contribution in [0.5, 0.6) is 0 Å². The van der Waals surface area contributed by atoms with Crippen molar-refractivity contribution in [1.29, 1.82) is 0 Å². The number of primary amides is 1. The number of hydrogen-bond donors (Lipinski definition) is 4. The summed E-state index contributed by atoms with van der Waals surface area (Å²) in [5.74, 6) is -1.09. The lowest BCUT2D eigenvalue weighted by atomic mass is 10.0. The summed E-state index contributed by atoms with van der Waals surface area (Å²) in [4.78, 5) is 35.0. The fraction of sp³-hybridized carbons (Fsp3) is 0.800. The van der Waals surface area contributed by atoms with Gasteiger partial charge in [0.1, 0.15) is 6.04 Å². The molecule has 3 atom stereocenters. The van der Waals surface area contributed by atoms with Gasteiger partial charge in [-0.25, -0.2) is 0 Å². The highest BCUT2D eigenvalue weighted by Gasteiger charge is 2.22. The number of amides is 3. The third kappa shape index (κ3) is 8.61. The lowest BCUT2D eigenvalue weighted by Gasteiger charge is -2.22. The second-order valence-electron chi connectivity index (χ2n) is 5.75. The van der Waals surface area contributed by atoms with Crippen molar-refractivity contribution in [3.63, 3.8) is 0 Å². The van der Waals surface area contributed by atoms with Gasteiger partial charge in [0.05, 0.1) is 0 Å². The molecule has 6 N–H and O–H groups in total. The molecule has 0 bridgehead atoms. The molecule has 0 spiro atoms. The van der Waals surface area contributed by atoms with E-state index in [-0.39, 0.29) is 23.8 Å². The summed E-state index contributed by atoms with van der Waals surface area (Å²) in [5.41, 5.74) is 10.7. The molecule has 0 fully saturated rings. The van der Waals surface area contributed by atoms with Gasteiger partial charge < -0.3 is 22.1 Å². The Bertz CT molecular complexity index is 374. The molecule has 0 unspecified atom stereocenters. The van der Waals surface area contributed by atoms with Crippen LogP contribution >= 0.6 is 0 Å². The molecule has 22 heavy (non-hydrogen) atoms.